The molecule has 1 rings (SSSR count). The van der Waals surface area contributed by atoms with Crippen LogP contribution in [0.15, 0.2) is 18.2 Å². The highest BCUT2D eigenvalue weighted by Gasteiger charge is 2.17. The third kappa shape index (κ3) is 5.25. The lowest BCUT2D eigenvalue weighted by molar-refractivity contribution is -0.385. The van der Waals surface area contributed by atoms with Crippen LogP contribution in [0.2, 0.25) is 0 Å². The standard InChI is InChI=1S/C12H17NO5S/c1-9(2)7-18-12-6-10(8-19(3,16)17)4-5-11(12)13(14)15/h4-6,9H,7-8H2,1-3H3. The average molecular weight is 287 g/mol. The first-order chi connectivity index (χ1) is 8.69. The van der Waals surface area contributed by atoms with Crippen LogP contribution in [-0.4, -0.2) is 26.2 Å². The van der Waals surface area contributed by atoms with E-state index in [1.807, 2.05) is 13.8 Å². The number of nitrogens with zero attached hydrogens (tertiary/aromatic N) is 1. The van der Waals surface area contributed by atoms with E-state index in [-0.39, 0.29) is 23.1 Å². The zero-order chi connectivity index (χ0) is 14.6. The van der Waals surface area contributed by atoms with Crippen molar-refractivity contribution in [1.29, 1.82) is 0 Å². The SMILES string of the molecule is CC(C)COc1cc(CS(C)(=O)=O)ccc1[N+](=O)[O-]. The number of rotatable bonds is 6. The lowest BCUT2D eigenvalue weighted by Crippen LogP contribution is -2.07. The van der Waals surface area contributed by atoms with E-state index < -0.39 is 14.8 Å². The van der Waals surface area contributed by atoms with Crippen molar-refractivity contribution in [2.24, 2.45) is 5.92 Å². The predicted octanol–water partition coefficient (Wildman–Crippen LogP) is 2.17. The number of hydrogen-bond acceptors (Lipinski definition) is 5. The van der Waals surface area contributed by atoms with Gasteiger partial charge in [-0.2, -0.15) is 0 Å². The van der Waals surface area contributed by atoms with Crippen molar-refractivity contribution < 1.29 is 18.1 Å². The Kier molecular flexibility index (Phi) is 4.88. The van der Waals surface area contributed by atoms with Crippen molar-refractivity contribution in [2.75, 3.05) is 12.9 Å². The summed E-state index contributed by atoms with van der Waals surface area (Å²) in [5.41, 5.74) is 0.324. The molecule has 0 atom stereocenters. The molecule has 0 heterocycles. The third-order valence-corrected chi connectivity index (χ3v) is 3.08. The molecule has 106 valence electrons. The van der Waals surface area contributed by atoms with Gasteiger partial charge in [-0.3, -0.25) is 10.1 Å². The van der Waals surface area contributed by atoms with Crippen LogP contribution in [0.25, 0.3) is 0 Å². The number of hydrogen-bond donors (Lipinski definition) is 0. The van der Waals surface area contributed by atoms with Gasteiger partial charge in [0, 0.05) is 12.3 Å². The van der Waals surface area contributed by atoms with E-state index in [2.05, 4.69) is 0 Å². The summed E-state index contributed by atoms with van der Waals surface area (Å²) in [6, 6.07) is 4.12. The normalized spacial score (nSPS) is 11.6. The molecule has 0 unspecified atom stereocenters. The van der Waals surface area contributed by atoms with E-state index in [1.54, 1.807) is 0 Å². The summed E-state index contributed by atoms with van der Waals surface area (Å²) in [6.07, 6.45) is 1.11. The van der Waals surface area contributed by atoms with Gasteiger partial charge in [-0.05, 0) is 17.5 Å². The number of benzene rings is 1. The zero-order valence-electron chi connectivity index (χ0n) is 11.1. The lowest BCUT2D eigenvalue weighted by atomic mass is 10.2. The molecule has 6 nitrogen and oxygen atoms in total. The molecule has 0 bridgehead atoms. The fourth-order valence-electron chi connectivity index (χ4n) is 1.47. The fourth-order valence-corrected chi connectivity index (χ4v) is 2.26. The van der Waals surface area contributed by atoms with E-state index in [9.17, 15) is 18.5 Å². The van der Waals surface area contributed by atoms with Crippen LogP contribution in [0.3, 0.4) is 0 Å². The predicted molar refractivity (Wildman–Crippen MR) is 72.0 cm³/mol. The van der Waals surface area contributed by atoms with Gasteiger partial charge in [0.25, 0.3) is 0 Å². The van der Waals surface area contributed by atoms with Crippen LogP contribution >= 0.6 is 0 Å². The smallest absolute Gasteiger partial charge is 0.310 e. The number of sulfone groups is 1. The summed E-state index contributed by atoms with van der Waals surface area (Å²) in [6.45, 7) is 4.18. The molecule has 19 heavy (non-hydrogen) atoms. The minimum absolute atomic E-state index is 0.111. The Labute approximate surface area is 112 Å². The monoisotopic (exact) mass is 287 g/mol. The van der Waals surface area contributed by atoms with Gasteiger partial charge in [-0.15, -0.1) is 0 Å². The molecule has 1 aromatic carbocycles. The molecule has 0 N–H and O–H groups in total. The molecular formula is C12H17NO5S. The minimum atomic E-state index is -3.18. The maximum Gasteiger partial charge on any atom is 0.310 e. The molecular weight excluding hydrogens is 270 g/mol. The summed E-state index contributed by atoms with van der Waals surface area (Å²) >= 11 is 0. The molecule has 0 fully saturated rings. The van der Waals surface area contributed by atoms with Gasteiger partial charge in [0.1, 0.15) is 0 Å². The Hall–Kier alpha value is -1.63. The minimum Gasteiger partial charge on any atom is -0.487 e. The van der Waals surface area contributed by atoms with Gasteiger partial charge in [0.05, 0.1) is 17.3 Å². The molecule has 1 aromatic rings. The highest BCUT2D eigenvalue weighted by Crippen LogP contribution is 2.29. The Balaban J connectivity index is 3.07. The van der Waals surface area contributed by atoms with E-state index in [4.69, 9.17) is 4.74 Å². The van der Waals surface area contributed by atoms with Crippen LogP contribution in [0, 0.1) is 16.0 Å². The maximum absolute atomic E-state index is 11.2. The number of ether oxygens (including phenoxy) is 1. The largest absolute Gasteiger partial charge is 0.487 e. The van der Waals surface area contributed by atoms with Gasteiger partial charge in [0.15, 0.2) is 15.6 Å². The van der Waals surface area contributed by atoms with Crippen LogP contribution in [0.4, 0.5) is 5.69 Å². The van der Waals surface area contributed by atoms with Crippen LogP contribution < -0.4 is 4.74 Å². The first-order valence-corrected chi connectivity index (χ1v) is 7.83. The molecule has 0 spiro atoms. The van der Waals surface area contributed by atoms with Gasteiger partial charge >= 0.3 is 5.69 Å². The second-order valence-corrected chi connectivity index (χ2v) is 6.97. The Morgan fingerprint density at radius 2 is 2.00 bits per heavy atom. The van der Waals surface area contributed by atoms with Crippen LogP contribution in [0.1, 0.15) is 19.4 Å². The van der Waals surface area contributed by atoms with Gasteiger partial charge < -0.3 is 4.74 Å². The molecule has 0 saturated heterocycles. The molecule has 7 heteroatoms. The highest BCUT2D eigenvalue weighted by atomic mass is 32.2. The van der Waals surface area contributed by atoms with Crippen molar-refractivity contribution >= 4 is 15.5 Å². The topological polar surface area (TPSA) is 86.5 Å². The summed E-state index contributed by atoms with van der Waals surface area (Å²) in [4.78, 5) is 10.3. The van der Waals surface area contributed by atoms with Gasteiger partial charge in [0.2, 0.25) is 0 Å². The van der Waals surface area contributed by atoms with E-state index in [0.717, 1.165) is 6.26 Å². The lowest BCUT2D eigenvalue weighted by Gasteiger charge is -2.10. The molecule has 0 aliphatic heterocycles. The van der Waals surface area contributed by atoms with Crippen LogP contribution in [-0.2, 0) is 15.6 Å². The zero-order valence-corrected chi connectivity index (χ0v) is 11.9. The highest BCUT2D eigenvalue weighted by molar-refractivity contribution is 7.89. The Bertz CT molecular complexity index is 565. The molecule has 0 aromatic heterocycles. The summed E-state index contributed by atoms with van der Waals surface area (Å²) in [5.74, 6) is 0.168. The van der Waals surface area contributed by atoms with Crippen molar-refractivity contribution in [1.82, 2.24) is 0 Å². The van der Waals surface area contributed by atoms with Crippen molar-refractivity contribution in [3.63, 3.8) is 0 Å². The summed E-state index contributed by atoms with van der Waals surface area (Å²) in [5, 5.41) is 10.9. The summed E-state index contributed by atoms with van der Waals surface area (Å²) < 4.78 is 27.8. The fraction of sp³-hybridized carbons (Fsp3) is 0.500. The van der Waals surface area contributed by atoms with E-state index in [1.165, 1.54) is 18.2 Å². The first-order valence-electron chi connectivity index (χ1n) is 5.77. The second-order valence-electron chi connectivity index (χ2n) is 4.83. The van der Waals surface area contributed by atoms with E-state index >= 15 is 0 Å². The number of nitro benzene ring substituents is 1. The van der Waals surface area contributed by atoms with Crippen molar-refractivity contribution in [3.8, 4) is 5.75 Å². The molecule has 0 saturated carbocycles. The average Bonchev–Trinajstić information content (AvgIpc) is 2.23. The van der Waals surface area contributed by atoms with Crippen LogP contribution in [0.5, 0.6) is 5.75 Å². The Morgan fingerprint density at radius 3 is 2.47 bits per heavy atom. The number of nitro groups is 1. The Morgan fingerprint density at radius 1 is 1.37 bits per heavy atom. The summed E-state index contributed by atoms with van der Waals surface area (Å²) in [7, 11) is -3.18. The molecule has 0 aliphatic carbocycles. The van der Waals surface area contributed by atoms with Gasteiger partial charge in [-0.25, -0.2) is 8.42 Å². The third-order valence-electron chi connectivity index (χ3n) is 2.22. The van der Waals surface area contributed by atoms with Gasteiger partial charge in [-0.1, -0.05) is 19.9 Å². The van der Waals surface area contributed by atoms with Crippen molar-refractivity contribution in [3.05, 3.63) is 33.9 Å². The van der Waals surface area contributed by atoms with E-state index in [0.29, 0.717) is 12.2 Å². The quantitative estimate of drug-likeness (QED) is 0.591. The molecule has 0 aliphatic rings. The maximum atomic E-state index is 11.2. The molecule has 0 radical (unpaired) electrons. The second kappa shape index (κ2) is 6.01. The first kappa shape index (κ1) is 15.4. The molecule has 0 amide bonds. The van der Waals surface area contributed by atoms with Crippen molar-refractivity contribution in [2.45, 2.75) is 19.6 Å².